The maximum Gasteiger partial charge on any atom is 0.0771 e. The van der Waals surface area contributed by atoms with Crippen LogP contribution in [0.15, 0.2) is 24.3 Å². The average molecular weight is 287 g/mol. The summed E-state index contributed by atoms with van der Waals surface area (Å²) in [5.41, 5.74) is 9.28. The molecule has 21 heavy (non-hydrogen) atoms. The Hall–Kier alpha value is -0.860. The summed E-state index contributed by atoms with van der Waals surface area (Å²) in [7, 11) is 0. The predicted octanol–water partition coefficient (Wildman–Crippen LogP) is 4.38. The second-order valence-corrected chi connectivity index (χ2v) is 6.85. The lowest BCUT2D eigenvalue weighted by molar-refractivity contribution is -0.0545. The fourth-order valence-electron chi connectivity index (χ4n) is 4.10. The van der Waals surface area contributed by atoms with Crippen LogP contribution < -0.4 is 5.73 Å². The minimum absolute atomic E-state index is 0.0469. The number of benzene rings is 1. The molecule has 3 rings (SSSR count). The number of rotatable bonds is 3. The first kappa shape index (κ1) is 15.1. The fourth-order valence-corrected chi connectivity index (χ4v) is 4.10. The Labute approximate surface area is 129 Å². The van der Waals surface area contributed by atoms with E-state index >= 15 is 0 Å². The van der Waals surface area contributed by atoms with Crippen molar-refractivity contribution in [1.29, 1.82) is 0 Å². The normalized spacial score (nSPS) is 33.2. The standard InChI is InChI=1S/C19H29NO/c1-2-14-7-5-10-16(13-14)21-18-12-6-9-15-8-3-4-11-17(15)19(18)20/h3-4,8,11,14,16,18-19H,2,5-7,9-10,12-13,20H2,1H3. The summed E-state index contributed by atoms with van der Waals surface area (Å²) in [5, 5.41) is 0. The van der Waals surface area contributed by atoms with Gasteiger partial charge in [0.05, 0.1) is 18.2 Å². The van der Waals surface area contributed by atoms with Gasteiger partial charge in [-0.05, 0) is 49.1 Å². The number of aryl methyl sites for hydroxylation is 1. The van der Waals surface area contributed by atoms with Crippen LogP contribution in [0.1, 0.15) is 69.0 Å². The zero-order valence-corrected chi connectivity index (χ0v) is 13.3. The second-order valence-electron chi connectivity index (χ2n) is 6.85. The van der Waals surface area contributed by atoms with Crippen LogP contribution in [0.2, 0.25) is 0 Å². The zero-order valence-electron chi connectivity index (χ0n) is 13.3. The SMILES string of the molecule is CCC1CCCC(OC2CCCc3ccccc3C2N)C1. The molecule has 0 amide bonds. The summed E-state index contributed by atoms with van der Waals surface area (Å²) in [4.78, 5) is 0. The first-order chi connectivity index (χ1) is 10.3. The molecule has 2 aliphatic rings. The fraction of sp³-hybridized carbons (Fsp3) is 0.684. The van der Waals surface area contributed by atoms with Crippen LogP contribution in [0, 0.1) is 5.92 Å². The summed E-state index contributed by atoms with van der Waals surface area (Å²) in [6.45, 7) is 2.31. The maximum absolute atomic E-state index is 6.55. The van der Waals surface area contributed by atoms with Crippen LogP contribution in [-0.2, 0) is 11.2 Å². The van der Waals surface area contributed by atoms with Gasteiger partial charge in [0.15, 0.2) is 0 Å². The molecule has 0 aromatic heterocycles. The largest absolute Gasteiger partial charge is 0.373 e. The van der Waals surface area contributed by atoms with Crippen molar-refractivity contribution in [3.63, 3.8) is 0 Å². The smallest absolute Gasteiger partial charge is 0.0771 e. The van der Waals surface area contributed by atoms with Crippen LogP contribution in [0.4, 0.5) is 0 Å². The molecule has 4 unspecified atom stereocenters. The Morgan fingerprint density at radius 1 is 1.14 bits per heavy atom. The van der Waals surface area contributed by atoms with Gasteiger partial charge in [0.25, 0.3) is 0 Å². The van der Waals surface area contributed by atoms with E-state index in [0.29, 0.717) is 6.10 Å². The lowest BCUT2D eigenvalue weighted by Gasteiger charge is -2.33. The molecular weight excluding hydrogens is 258 g/mol. The Morgan fingerprint density at radius 3 is 2.86 bits per heavy atom. The molecule has 0 spiro atoms. The Bertz CT molecular complexity index is 459. The Kier molecular flexibility index (Phi) is 4.97. The maximum atomic E-state index is 6.55. The van der Waals surface area contributed by atoms with E-state index in [9.17, 15) is 0 Å². The van der Waals surface area contributed by atoms with Gasteiger partial charge in [-0.25, -0.2) is 0 Å². The van der Waals surface area contributed by atoms with Crippen molar-refractivity contribution in [2.75, 3.05) is 0 Å². The Balaban J connectivity index is 1.68. The van der Waals surface area contributed by atoms with Crippen LogP contribution in [-0.4, -0.2) is 12.2 Å². The number of ether oxygens (including phenoxy) is 1. The first-order valence-corrected chi connectivity index (χ1v) is 8.76. The van der Waals surface area contributed by atoms with Gasteiger partial charge in [0, 0.05) is 0 Å². The third-order valence-electron chi connectivity index (χ3n) is 5.43. The number of fused-ring (bicyclic) bond motifs is 1. The van der Waals surface area contributed by atoms with Crippen molar-refractivity contribution in [1.82, 2.24) is 0 Å². The molecule has 1 aromatic carbocycles. The van der Waals surface area contributed by atoms with Crippen LogP contribution in [0.25, 0.3) is 0 Å². The molecule has 4 atom stereocenters. The molecule has 2 aliphatic carbocycles. The van der Waals surface area contributed by atoms with Crippen molar-refractivity contribution < 1.29 is 4.74 Å². The van der Waals surface area contributed by atoms with E-state index < -0.39 is 0 Å². The zero-order chi connectivity index (χ0) is 14.7. The van der Waals surface area contributed by atoms with Gasteiger partial charge in [-0.3, -0.25) is 0 Å². The van der Waals surface area contributed by atoms with Crippen LogP contribution >= 0.6 is 0 Å². The molecule has 2 nitrogen and oxygen atoms in total. The molecule has 0 aliphatic heterocycles. The summed E-state index contributed by atoms with van der Waals surface area (Å²) in [6, 6.07) is 8.70. The lowest BCUT2D eigenvalue weighted by atomic mass is 9.85. The van der Waals surface area contributed by atoms with E-state index in [1.165, 1.54) is 49.7 Å². The molecule has 0 heterocycles. The minimum atomic E-state index is 0.0469. The van der Waals surface area contributed by atoms with Gasteiger partial charge in [0.1, 0.15) is 0 Å². The van der Waals surface area contributed by atoms with Crippen molar-refractivity contribution >= 4 is 0 Å². The van der Waals surface area contributed by atoms with Crippen molar-refractivity contribution in [3.8, 4) is 0 Å². The molecule has 2 N–H and O–H groups in total. The van der Waals surface area contributed by atoms with E-state index in [-0.39, 0.29) is 12.1 Å². The van der Waals surface area contributed by atoms with E-state index in [4.69, 9.17) is 10.5 Å². The molecule has 1 saturated carbocycles. The monoisotopic (exact) mass is 287 g/mol. The summed E-state index contributed by atoms with van der Waals surface area (Å²) < 4.78 is 6.49. The molecule has 0 radical (unpaired) electrons. The molecule has 1 fully saturated rings. The highest BCUT2D eigenvalue weighted by Crippen LogP contribution is 2.34. The van der Waals surface area contributed by atoms with E-state index in [1.807, 2.05) is 0 Å². The van der Waals surface area contributed by atoms with E-state index in [0.717, 1.165) is 18.8 Å². The van der Waals surface area contributed by atoms with Gasteiger partial charge < -0.3 is 10.5 Å². The minimum Gasteiger partial charge on any atom is -0.373 e. The third-order valence-corrected chi connectivity index (χ3v) is 5.43. The summed E-state index contributed by atoms with van der Waals surface area (Å²) >= 11 is 0. The predicted molar refractivity (Wildman–Crippen MR) is 87.2 cm³/mol. The van der Waals surface area contributed by atoms with Gasteiger partial charge >= 0.3 is 0 Å². The average Bonchev–Trinajstić information content (AvgIpc) is 2.68. The second kappa shape index (κ2) is 6.93. The highest BCUT2D eigenvalue weighted by atomic mass is 16.5. The van der Waals surface area contributed by atoms with E-state index in [2.05, 4.69) is 31.2 Å². The van der Waals surface area contributed by atoms with Crippen molar-refractivity contribution in [2.45, 2.75) is 76.5 Å². The molecule has 1 aromatic rings. The lowest BCUT2D eigenvalue weighted by Crippen LogP contribution is -2.34. The third kappa shape index (κ3) is 3.49. The molecule has 0 saturated heterocycles. The molecule has 116 valence electrons. The molecule has 0 bridgehead atoms. The number of nitrogens with two attached hydrogens (primary N) is 1. The number of hydrogen-bond donors (Lipinski definition) is 1. The van der Waals surface area contributed by atoms with Crippen LogP contribution in [0.3, 0.4) is 0 Å². The van der Waals surface area contributed by atoms with Gasteiger partial charge in [0.2, 0.25) is 0 Å². The summed E-state index contributed by atoms with van der Waals surface area (Å²) in [6.07, 6.45) is 10.5. The Morgan fingerprint density at radius 2 is 2.00 bits per heavy atom. The van der Waals surface area contributed by atoms with Crippen LogP contribution in [0.5, 0.6) is 0 Å². The van der Waals surface area contributed by atoms with E-state index in [1.54, 1.807) is 0 Å². The molecular formula is C19H29NO. The molecule has 2 heteroatoms. The highest BCUT2D eigenvalue weighted by molar-refractivity contribution is 5.31. The highest BCUT2D eigenvalue weighted by Gasteiger charge is 2.29. The van der Waals surface area contributed by atoms with Gasteiger partial charge in [-0.15, -0.1) is 0 Å². The number of hydrogen-bond acceptors (Lipinski definition) is 2. The van der Waals surface area contributed by atoms with Gasteiger partial charge in [-0.1, -0.05) is 50.5 Å². The summed E-state index contributed by atoms with van der Waals surface area (Å²) in [5.74, 6) is 0.859. The van der Waals surface area contributed by atoms with Gasteiger partial charge in [-0.2, -0.15) is 0 Å². The topological polar surface area (TPSA) is 35.2 Å². The van der Waals surface area contributed by atoms with Crippen molar-refractivity contribution in [3.05, 3.63) is 35.4 Å². The van der Waals surface area contributed by atoms with Crippen molar-refractivity contribution in [2.24, 2.45) is 11.7 Å². The quantitative estimate of drug-likeness (QED) is 0.837. The first-order valence-electron chi connectivity index (χ1n) is 8.76.